The zero-order valence-corrected chi connectivity index (χ0v) is 18.3. The summed E-state index contributed by atoms with van der Waals surface area (Å²) in [5.74, 6) is -0.928. The van der Waals surface area contributed by atoms with Crippen LogP contribution in [0.4, 0.5) is 0 Å². The Bertz CT molecular complexity index is 1370. The molecule has 0 aliphatic carbocycles. The van der Waals surface area contributed by atoms with Gasteiger partial charge < -0.3 is 4.42 Å². The second kappa shape index (κ2) is 8.08. The van der Waals surface area contributed by atoms with Crippen LogP contribution in [0.25, 0.3) is 11.0 Å². The minimum atomic E-state index is -3.89. The summed E-state index contributed by atoms with van der Waals surface area (Å²) in [6, 6.07) is 17.3. The number of ketones is 1. The summed E-state index contributed by atoms with van der Waals surface area (Å²) in [7, 11) is -3.89. The highest BCUT2D eigenvalue weighted by Crippen LogP contribution is 2.33. The summed E-state index contributed by atoms with van der Waals surface area (Å²) in [6.07, 6.45) is 0. The average molecular weight is 480 g/mol. The lowest BCUT2D eigenvalue weighted by atomic mass is 10.0. The minimum Gasteiger partial charge on any atom is -0.452 e. The second-order valence-corrected chi connectivity index (χ2v) is 9.81. The maximum Gasteiger partial charge on any atom is 0.228 e. The summed E-state index contributed by atoms with van der Waals surface area (Å²) < 4.78 is 32.0. The van der Waals surface area contributed by atoms with Crippen LogP contribution in [0.5, 0.6) is 0 Å². The molecular formula is C22H13Cl3O4S. The van der Waals surface area contributed by atoms with E-state index in [-0.39, 0.29) is 21.2 Å². The summed E-state index contributed by atoms with van der Waals surface area (Å²) in [5.41, 5.74) is 1.03. The fraction of sp³-hybridized carbons (Fsp3) is 0.0455. The predicted molar refractivity (Wildman–Crippen MR) is 118 cm³/mol. The maximum absolute atomic E-state index is 13.1. The molecular weight excluding hydrogens is 467 g/mol. The van der Waals surface area contributed by atoms with Gasteiger partial charge in [-0.05, 0) is 48.5 Å². The molecule has 0 amide bonds. The maximum atomic E-state index is 13.1. The van der Waals surface area contributed by atoms with Gasteiger partial charge in [0, 0.05) is 26.6 Å². The van der Waals surface area contributed by atoms with Crippen LogP contribution in [0.2, 0.25) is 15.1 Å². The molecule has 0 unspecified atom stereocenters. The van der Waals surface area contributed by atoms with Crippen molar-refractivity contribution < 1.29 is 17.6 Å². The first-order chi connectivity index (χ1) is 14.3. The first-order valence-electron chi connectivity index (χ1n) is 8.75. The molecule has 8 heteroatoms. The van der Waals surface area contributed by atoms with Gasteiger partial charge in [0.25, 0.3) is 0 Å². The van der Waals surface area contributed by atoms with Crippen molar-refractivity contribution in [3.8, 4) is 0 Å². The number of fused-ring (bicyclic) bond motifs is 1. The van der Waals surface area contributed by atoms with Crippen LogP contribution >= 0.6 is 34.8 Å². The summed E-state index contributed by atoms with van der Waals surface area (Å²) in [4.78, 5) is 13.0. The number of benzene rings is 3. The average Bonchev–Trinajstić information content (AvgIpc) is 3.05. The molecule has 0 aliphatic heterocycles. The van der Waals surface area contributed by atoms with E-state index in [0.717, 1.165) is 0 Å². The molecule has 0 aliphatic rings. The van der Waals surface area contributed by atoms with Gasteiger partial charge in [-0.3, -0.25) is 4.79 Å². The monoisotopic (exact) mass is 478 g/mol. The third kappa shape index (κ3) is 3.98. The minimum absolute atomic E-state index is 0.0147. The molecule has 1 heterocycles. The third-order valence-electron chi connectivity index (χ3n) is 4.57. The van der Waals surface area contributed by atoms with Gasteiger partial charge in [-0.25, -0.2) is 8.42 Å². The predicted octanol–water partition coefficient (Wildman–Crippen LogP) is 6.60. The molecule has 4 nitrogen and oxygen atoms in total. The molecule has 0 saturated heterocycles. The molecule has 1 aromatic heterocycles. The highest BCUT2D eigenvalue weighted by molar-refractivity contribution is 7.90. The lowest BCUT2D eigenvalue weighted by Gasteiger charge is -2.08. The molecule has 0 atom stereocenters. The molecule has 152 valence electrons. The Morgan fingerprint density at radius 2 is 1.53 bits per heavy atom. The topological polar surface area (TPSA) is 64.3 Å². The standard InChI is InChI=1S/C22H13Cl3O4S/c23-14-7-5-13(6-8-14)21(26)22-17(16-3-1-2-4-19(16)29-22)12-30(27,28)20-10-9-15(24)11-18(20)25/h1-11H,12H2. The normalized spacial score (nSPS) is 11.7. The quantitative estimate of drug-likeness (QED) is 0.303. The van der Waals surface area contributed by atoms with E-state index < -0.39 is 21.4 Å². The van der Waals surface area contributed by atoms with Gasteiger partial charge in [-0.1, -0.05) is 53.0 Å². The van der Waals surface area contributed by atoms with Gasteiger partial charge in [-0.15, -0.1) is 0 Å². The number of halogens is 3. The molecule has 0 saturated carbocycles. The Kier molecular flexibility index (Phi) is 5.64. The van der Waals surface area contributed by atoms with Crippen LogP contribution in [-0.2, 0) is 15.6 Å². The molecule has 30 heavy (non-hydrogen) atoms. The third-order valence-corrected chi connectivity index (χ3v) is 7.18. The van der Waals surface area contributed by atoms with Gasteiger partial charge >= 0.3 is 0 Å². The lowest BCUT2D eigenvalue weighted by molar-refractivity contribution is 0.101. The Morgan fingerprint density at radius 3 is 2.23 bits per heavy atom. The van der Waals surface area contributed by atoms with Gasteiger partial charge in [-0.2, -0.15) is 0 Å². The van der Waals surface area contributed by atoms with Gasteiger partial charge in [0.05, 0.1) is 15.7 Å². The van der Waals surface area contributed by atoms with Gasteiger partial charge in [0.1, 0.15) is 5.58 Å². The van der Waals surface area contributed by atoms with E-state index in [1.54, 1.807) is 48.5 Å². The number of sulfone groups is 1. The van der Waals surface area contributed by atoms with Crippen molar-refractivity contribution in [2.24, 2.45) is 0 Å². The Hall–Kier alpha value is -2.31. The van der Waals surface area contributed by atoms with Crippen LogP contribution in [0, 0.1) is 0 Å². The molecule has 0 fully saturated rings. The van der Waals surface area contributed by atoms with Crippen molar-refractivity contribution in [1.82, 2.24) is 0 Å². The first-order valence-corrected chi connectivity index (χ1v) is 11.5. The van der Waals surface area contributed by atoms with E-state index in [2.05, 4.69) is 0 Å². The Balaban J connectivity index is 1.84. The van der Waals surface area contributed by atoms with E-state index in [0.29, 0.717) is 26.6 Å². The largest absolute Gasteiger partial charge is 0.452 e. The van der Waals surface area contributed by atoms with Crippen molar-refractivity contribution >= 4 is 61.4 Å². The van der Waals surface area contributed by atoms with E-state index in [1.165, 1.54) is 18.2 Å². The molecule has 0 spiro atoms. The van der Waals surface area contributed by atoms with Crippen LogP contribution in [0.1, 0.15) is 21.7 Å². The molecule has 3 aromatic carbocycles. The molecule has 0 bridgehead atoms. The van der Waals surface area contributed by atoms with Crippen molar-refractivity contribution in [2.75, 3.05) is 0 Å². The summed E-state index contributed by atoms with van der Waals surface area (Å²) >= 11 is 17.9. The van der Waals surface area contributed by atoms with Crippen molar-refractivity contribution in [2.45, 2.75) is 10.6 Å². The van der Waals surface area contributed by atoms with Crippen LogP contribution in [0.3, 0.4) is 0 Å². The summed E-state index contributed by atoms with van der Waals surface area (Å²) in [6.45, 7) is 0. The van der Waals surface area contributed by atoms with Crippen LogP contribution < -0.4 is 0 Å². The number of furan rings is 1. The molecule has 0 N–H and O–H groups in total. The van der Waals surface area contributed by atoms with Gasteiger partial charge in [0.15, 0.2) is 15.6 Å². The number of carbonyl (C=O) groups is 1. The van der Waals surface area contributed by atoms with E-state index >= 15 is 0 Å². The molecule has 0 radical (unpaired) electrons. The van der Waals surface area contributed by atoms with E-state index in [1.807, 2.05) is 0 Å². The molecule has 4 rings (SSSR count). The molecule has 4 aromatic rings. The SMILES string of the molecule is O=C(c1ccc(Cl)cc1)c1oc2ccccc2c1CS(=O)(=O)c1ccc(Cl)cc1Cl. The van der Waals surface area contributed by atoms with Gasteiger partial charge in [0.2, 0.25) is 5.78 Å². The zero-order chi connectivity index (χ0) is 21.5. The second-order valence-electron chi connectivity index (χ2n) is 6.58. The highest BCUT2D eigenvalue weighted by atomic mass is 35.5. The summed E-state index contributed by atoms with van der Waals surface area (Å²) in [5, 5.41) is 1.37. The fourth-order valence-corrected chi connectivity index (χ4v) is 5.49. The number of rotatable bonds is 5. The number of para-hydroxylation sites is 1. The lowest BCUT2D eigenvalue weighted by Crippen LogP contribution is -2.10. The first kappa shape index (κ1) is 20.9. The fourth-order valence-electron chi connectivity index (χ4n) is 3.15. The zero-order valence-electron chi connectivity index (χ0n) is 15.2. The van der Waals surface area contributed by atoms with E-state index in [4.69, 9.17) is 39.2 Å². The highest BCUT2D eigenvalue weighted by Gasteiger charge is 2.28. The van der Waals surface area contributed by atoms with Crippen LogP contribution in [0.15, 0.2) is 76.0 Å². The Labute approximate surface area is 187 Å². The van der Waals surface area contributed by atoms with Crippen molar-refractivity contribution in [3.05, 3.63) is 98.7 Å². The Morgan fingerprint density at radius 1 is 0.867 bits per heavy atom. The smallest absolute Gasteiger partial charge is 0.228 e. The van der Waals surface area contributed by atoms with Crippen molar-refractivity contribution in [3.63, 3.8) is 0 Å². The number of hydrogen-bond acceptors (Lipinski definition) is 4. The van der Waals surface area contributed by atoms with Crippen molar-refractivity contribution in [1.29, 1.82) is 0 Å². The van der Waals surface area contributed by atoms with Crippen LogP contribution in [-0.4, -0.2) is 14.2 Å². The number of carbonyl (C=O) groups excluding carboxylic acids is 1. The number of hydrogen-bond donors (Lipinski definition) is 0. The van der Waals surface area contributed by atoms with E-state index in [9.17, 15) is 13.2 Å².